The Hall–Kier alpha value is -4.39. The summed E-state index contributed by atoms with van der Waals surface area (Å²) in [6.07, 6.45) is 1.83. The maximum Gasteiger partial charge on any atom is 0.279 e. The molecule has 3 N–H and O–H groups in total. The molecule has 0 saturated heterocycles. The zero-order valence-corrected chi connectivity index (χ0v) is 18.7. The van der Waals surface area contributed by atoms with Gasteiger partial charge in [-0.25, -0.2) is 0 Å². The number of rotatable bonds is 8. The molecule has 0 bridgehead atoms. The number of carbonyl (C=O) groups is 3. The Morgan fingerprint density at radius 2 is 1.53 bits per heavy atom. The highest BCUT2D eigenvalue weighted by atomic mass is 16.5. The quantitative estimate of drug-likeness (QED) is 0.277. The minimum atomic E-state index is -0.843. The summed E-state index contributed by atoms with van der Waals surface area (Å²) in [5.41, 5.74) is 8.02. The third-order valence-corrected chi connectivity index (χ3v) is 5.46. The Balaban J connectivity index is 1.23. The van der Waals surface area contributed by atoms with E-state index in [4.69, 9.17) is 4.74 Å². The van der Waals surface area contributed by atoms with E-state index in [1.807, 2.05) is 48.7 Å². The van der Waals surface area contributed by atoms with Gasteiger partial charge in [-0.3, -0.25) is 25.2 Å². The van der Waals surface area contributed by atoms with Crippen LogP contribution in [0.15, 0.2) is 85.1 Å². The number of para-hydroxylation sites is 1. The average Bonchev–Trinajstić information content (AvgIpc) is 3.29. The molecule has 1 heterocycles. The number of carbonyl (C=O) groups excluding carboxylic acids is 3. The summed E-state index contributed by atoms with van der Waals surface area (Å²) in [6, 6.07) is 23.5. The number of nitrogens with one attached hydrogen (secondary N) is 3. The highest BCUT2D eigenvalue weighted by Gasteiger charge is 2.16. The molecule has 0 aliphatic rings. The number of H-pyrrole nitrogens is 1. The number of hydrogen-bond acceptors (Lipinski definition) is 4. The highest BCUT2D eigenvalue weighted by Crippen LogP contribution is 2.19. The summed E-state index contributed by atoms with van der Waals surface area (Å²) >= 11 is 0. The third-order valence-electron chi connectivity index (χ3n) is 5.46. The zero-order chi connectivity index (χ0) is 23.9. The second-order valence-electron chi connectivity index (χ2n) is 7.88. The molecule has 7 nitrogen and oxygen atoms in total. The number of hydrazine groups is 1. The van der Waals surface area contributed by atoms with Crippen molar-refractivity contribution in [3.8, 4) is 5.75 Å². The number of aromatic nitrogens is 1. The first-order valence-corrected chi connectivity index (χ1v) is 11.0. The van der Waals surface area contributed by atoms with E-state index in [9.17, 15) is 14.4 Å². The van der Waals surface area contributed by atoms with E-state index in [0.717, 1.165) is 16.5 Å². The Bertz CT molecular complexity index is 1300. The summed E-state index contributed by atoms with van der Waals surface area (Å²) in [5.74, 6) is -0.425. The predicted molar refractivity (Wildman–Crippen MR) is 129 cm³/mol. The topological polar surface area (TPSA) is 100 Å². The second-order valence-corrected chi connectivity index (χ2v) is 7.88. The fourth-order valence-electron chi connectivity index (χ4n) is 3.58. The van der Waals surface area contributed by atoms with Crippen molar-refractivity contribution in [3.05, 3.63) is 102 Å². The van der Waals surface area contributed by atoms with Gasteiger partial charge >= 0.3 is 0 Å². The van der Waals surface area contributed by atoms with E-state index < -0.39 is 12.0 Å². The van der Waals surface area contributed by atoms with Crippen molar-refractivity contribution in [2.24, 2.45) is 0 Å². The predicted octanol–water partition coefficient (Wildman–Crippen LogP) is 3.95. The van der Waals surface area contributed by atoms with E-state index in [1.165, 1.54) is 0 Å². The lowest BCUT2D eigenvalue weighted by Crippen LogP contribution is -2.47. The summed E-state index contributed by atoms with van der Waals surface area (Å²) in [4.78, 5) is 40.1. The minimum absolute atomic E-state index is 0.0895. The number of amides is 2. The molecular weight excluding hydrogens is 430 g/mol. The molecule has 0 fully saturated rings. The van der Waals surface area contributed by atoms with Crippen molar-refractivity contribution in [3.63, 3.8) is 0 Å². The van der Waals surface area contributed by atoms with Crippen LogP contribution in [-0.4, -0.2) is 28.7 Å². The molecule has 0 unspecified atom stereocenters. The fourth-order valence-corrected chi connectivity index (χ4v) is 3.58. The highest BCUT2D eigenvalue weighted by molar-refractivity contribution is 6.09. The molecule has 2 amide bonds. The van der Waals surface area contributed by atoms with Crippen molar-refractivity contribution in [1.82, 2.24) is 15.8 Å². The molecule has 0 aliphatic heterocycles. The summed E-state index contributed by atoms with van der Waals surface area (Å²) < 4.78 is 5.64. The van der Waals surface area contributed by atoms with Crippen LogP contribution in [0.3, 0.4) is 0 Å². The zero-order valence-electron chi connectivity index (χ0n) is 18.7. The Labute approximate surface area is 197 Å². The molecular formula is C27H25N3O4. The van der Waals surface area contributed by atoms with Crippen molar-refractivity contribution in [2.75, 3.05) is 0 Å². The summed E-state index contributed by atoms with van der Waals surface area (Å²) in [7, 11) is 0. The Morgan fingerprint density at radius 3 is 2.29 bits per heavy atom. The van der Waals surface area contributed by atoms with Crippen LogP contribution in [0, 0.1) is 0 Å². The van der Waals surface area contributed by atoms with Crippen molar-refractivity contribution < 1.29 is 19.1 Å². The standard InChI is InChI=1S/C27H25N3O4/c1-18(34-22-14-11-20(12-15-22)26(32)19-7-3-2-4-8-19)27(33)30-29-25(31)16-13-21-17-28-24-10-6-5-9-23(21)24/h2-12,14-15,17-18,28H,13,16H2,1H3,(H,29,31)(H,30,33)/t18-/m0/s1. The molecule has 1 aromatic heterocycles. The average molecular weight is 456 g/mol. The van der Waals surface area contributed by atoms with Crippen molar-refractivity contribution in [2.45, 2.75) is 25.9 Å². The fraction of sp³-hybridized carbons (Fsp3) is 0.148. The number of ether oxygens (including phenoxy) is 1. The third kappa shape index (κ3) is 5.50. The van der Waals surface area contributed by atoms with E-state index in [2.05, 4.69) is 15.8 Å². The van der Waals surface area contributed by atoms with Crippen LogP contribution in [0.5, 0.6) is 5.75 Å². The summed E-state index contributed by atoms with van der Waals surface area (Å²) in [5, 5.41) is 1.08. The number of hydrogen-bond donors (Lipinski definition) is 3. The number of ketones is 1. The SMILES string of the molecule is C[C@H](Oc1ccc(C(=O)c2ccccc2)cc1)C(=O)NNC(=O)CCc1c[nH]c2ccccc12. The summed E-state index contributed by atoms with van der Waals surface area (Å²) in [6.45, 7) is 1.58. The van der Waals surface area contributed by atoms with Crippen LogP contribution in [-0.2, 0) is 16.0 Å². The van der Waals surface area contributed by atoms with Gasteiger partial charge in [-0.2, -0.15) is 0 Å². The number of aromatic amines is 1. The Kier molecular flexibility index (Phi) is 7.03. The molecule has 7 heteroatoms. The minimum Gasteiger partial charge on any atom is -0.481 e. The smallest absolute Gasteiger partial charge is 0.279 e. The molecule has 3 aromatic carbocycles. The van der Waals surface area contributed by atoms with Crippen molar-refractivity contribution >= 4 is 28.5 Å². The molecule has 34 heavy (non-hydrogen) atoms. The number of benzene rings is 3. The Morgan fingerprint density at radius 1 is 0.853 bits per heavy atom. The van der Waals surface area contributed by atoms with Gasteiger partial charge in [0.1, 0.15) is 5.75 Å². The first-order chi connectivity index (χ1) is 16.5. The van der Waals surface area contributed by atoms with Crippen LogP contribution >= 0.6 is 0 Å². The van der Waals surface area contributed by atoms with E-state index >= 15 is 0 Å². The lowest BCUT2D eigenvalue weighted by molar-refractivity contribution is -0.132. The molecule has 4 rings (SSSR count). The van der Waals surface area contributed by atoms with Gasteiger partial charge < -0.3 is 9.72 Å². The maximum absolute atomic E-state index is 12.5. The molecule has 0 saturated carbocycles. The molecule has 4 aromatic rings. The molecule has 172 valence electrons. The van der Waals surface area contributed by atoms with Crippen LogP contribution in [0.25, 0.3) is 10.9 Å². The first-order valence-electron chi connectivity index (χ1n) is 11.0. The van der Waals surface area contributed by atoms with Gasteiger partial charge in [0, 0.05) is 34.6 Å². The van der Waals surface area contributed by atoms with E-state index in [0.29, 0.717) is 23.3 Å². The van der Waals surface area contributed by atoms with Crippen LogP contribution in [0.1, 0.15) is 34.8 Å². The molecule has 1 atom stereocenters. The number of aryl methyl sites for hydroxylation is 1. The molecule has 0 spiro atoms. The van der Waals surface area contributed by atoms with E-state index in [-0.39, 0.29) is 18.1 Å². The maximum atomic E-state index is 12.5. The van der Waals surface area contributed by atoms with E-state index in [1.54, 1.807) is 43.3 Å². The van der Waals surface area contributed by atoms with Gasteiger partial charge in [0.15, 0.2) is 11.9 Å². The normalized spacial score (nSPS) is 11.6. The molecule has 0 aliphatic carbocycles. The van der Waals surface area contributed by atoms with Gasteiger partial charge in [0.2, 0.25) is 5.91 Å². The van der Waals surface area contributed by atoms with Gasteiger partial charge in [-0.1, -0.05) is 48.5 Å². The van der Waals surface area contributed by atoms with Gasteiger partial charge in [0.05, 0.1) is 0 Å². The van der Waals surface area contributed by atoms with Crippen molar-refractivity contribution in [1.29, 1.82) is 0 Å². The lowest BCUT2D eigenvalue weighted by Gasteiger charge is -2.15. The second kappa shape index (κ2) is 10.5. The largest absolute Gasteiger partial charge is 0.481 e. The van der Waals surface area contributed by atoms with Crippen LogP contribution < -0.4 is 15.6 Å². The van der Waals surface area contributed by atoms with Crippen LogP contribution in [0.4, 0.5) is 0 Å². The van der Waals surface area contributed by atoms with Gasteiger partial charge in [-0.15, -0.1) is 0 Å². The van der Waals surface area contributed by atoms with Crippen LogP contribution in [0.2, 0.25) is 0 Å². The lowest BCUT2D eigenvalue weighted by atomic mass is 10.0. The monoisotopic (exact) mass is 455 g/mol. The van der Waals surface area contributed by atoms with Gasteiger partial charge in [-0.05, 0) is 49.2 Å². The molecule has 0 radical (unpaired) electrons. The number of fused-ring (bicyclic) bond motifs is 1. The van der Waals surface area contributed by atoms with Gasteiger partial charge in [0.25, 0.3) is 5.91 Å². The first kappa shape index (κ1) is 22.8.